The number of ketones is 2. The van der Waals surface area contributed by atoms with Crippen LogP contribution in [0.1, 0.15) is 38.5 Å². The smallest absolute Gasteiger partial charge is 0.226 e. The molecule has 17 heavy (non-hydrogen) atoms. The molecule has 1 N–H and O–H groups in total. The number of imide groups is 1. The Morgan fingerprint density at radius 1 is 1.18 bits per heavy atom. The molecule has 0 radical (unpaired) electrons. The van der Waals surface area contributed by atoms with Gasteiger partial charge in [-0.05, 0) is 18.8 Å². The van der Waals surface area contributed by atoms with Crippen LogP contribution in [0.3, 0.4) is 0 Å². The van der Waals surface area contributed by atoms with Crippen LogP contribution in [0.4, 0.5) is 0 Å². The average molecular weight is 237 g/mol. The highest BCUT2D eigenvalue weighted by Crippen LogP contribution is 2.27. The summed E-state index contributed by atoms with van der Waals surface area (Å²) in [5.41, 5.74) is 0. The van der Waals surface area contributed by atoms with Crippen molar-refractivity contribution in [2.45, 2.75) is 38.5 Å². The maximum absolute atomic E-state index is 11.9. The summed E-state index contributed by atoms with van der Waals surface area (Å²) in [6.45, 7) is 0. The molecule has 0 bridgehead atoms. The van der Waals surface area contributed by atoms with Crippen LogP contribution in [0, 0.1) is 11.8 Å². The van der Waals surface area contributed by atoms with E-state index in [1.165, 1.54) is 0 Å². The minimum Gasteiger partial charge on any atom is -0.299 e. The zero-order valence-electron chi connectivity index (χ0n) is 9.53. The Kier molecular flexibility index (Phi) is 3.36. The van der Waals surface area contributed by atoms with E-state index in [0.29, 0.717) is 12.8 Å². The van der Waals surface area contributed by atoms with Crippen molar-refractivity contribution >= 4 is 23.4 Å². The number of hydrogen-bond acceptors (Lipinski definition) is 4. The fraction of sp³-hybridized carbons (Fsp3) is 0.667. The van der Waals surface area contributed by atoms with Crippen molar-refractivity contribution in [3.8, 4) is 0 Å². The van der Waals surface area contributed by atoms with Gasteiger partial charge in [0.05, 0.1) is 5.92 Å². The topological polar surface area (TPSA) is 80.3 Å². The van der Waals surface area contributed by atoms with Gasteiger partial charge in [-0.2, -0.15) is 0 Å². The largest absolute Gasteiger partial charge is 0.299 e. The number of amides is 2. The number of carbonyl (C=O) groups is 4. The van der Waals surface area contributed by atoms with Gasteiger partial charge >= 0.3 is 0 Å². The number of hydrogen-bond donors (Lipinski definition) is 1. The predicted octanol–water partition coefficient (Wildman–Crippen LogP) is 0.368. The summed E-state index contributed by atoms with van der Waals surface area (Å²) in [4.78, 5) is 45.6. The first-order chi connectivity index (χ1) is 8.06. The van der Waals surface area contributed by atoms with Gasteiger partial charge in [0, 0.05) is 25.7 Å². The van der Waals surface area contributed by atoms with Crippen LogP contribution >= 0.6 is 0 Å². The number of Topliss-reactive ketones (excluding diaryl/α,β-unsaturated/α-hetero) is 2. The van der Waals surface area contributed by atoms with E-state index in [2.05, 4.69) is 5.32 Å². The maximum atomic E-state index is 11.9. The molecule has 0 aromatic rings. The van der Waals surface area contributed by atoms with E-state index in [4.69, 9.17) is 0 Å². The van der Waals surface area contributed by atoms with Gasteiger partial charge in [-0.3, -0.25) is 24.5 Å². The Balaban J connectivity index is 1.92. The third-order valence-electron chi connectivity index (χ3n) is 3.41. The summed E-state index contributed by atoms with van der Waals surface area (Å²) in [6.07, 6.45) is 2.48. The lowest BCUT2D eigenvalue weighted by Gasteiger charge is -2.21. The highest BCUT2D eigenvalue weighted by molar-refractivity contribution is 6.04. The number of piperidine rings is 1. The van der Waals surface area contributed by atoms with Gasteiger partial charge in [-0.1, -0.05) is 0 Å². The standard InChI is InChI=1S/C12H15NO4/c14-9-3-1-2-8(9)10(15)4-7-5-11(16)13-12(17)6-7/h7-8H,1-6H2,(H,13,16,17)/t8-/m1/s1. The quantitative estimate of drug-likeness (QED) is 0.568. The summed E-state index contributed by atoms with van der Waals surface area (Å²) in [5, 5.41) is 2.20. The highest BCUT2D eigenvalue weighted by atomic mass is 16.2. The van der Waals surface area contributed by atoms with Crippen LogP contribution in [0.15, 0.2) is 0 Å². The van der Waals surface area contributed by atoms with Crippen LogP contribution in [-0.2, 0) is 19.2 Å². The molecule has 5 heteroatoms. The van der Waals surface area contributed by atoms with Gasteiger partial charge in [-0.25, -0.2) is 0 Å². The minimum absolute atomic E-state index is 0.0154. The fourth-order valence-electron chi connectivity index (χ4n) is 2.58. The van der Waals surface area contributed by atoms with Crippen molar-refractivity contribution in [2.75, 3.05) is 0 Å². The van der Waals surface area contributed by atoms with Gasteiger partial charge in [0.25, 0.3) is 0 Å². The van der Waals surface area contributed by atoms with Gasteiger partial charge < -0.3 is 0 Å². The Morgan fingerprint density at radius 3 is 2.35 bits per heavy atom. The molecule has 2 fully saturated rings. The molecule has 0 unspecified atom stereocenters. The van der Waals surface area contributed by atoms with Crippen molar-refractivity contribution in [1.29, 1.82) is 0 Å². The second kappa shape index (κ2) is 4.77. The predicted molar refractivity (Wildman–Crippen MR) is 57.8 cm³/mol. The summed E-state index contributed by atoms with van der Waals surface area (Å²) in [7, 11) is 0. The lowest BCUT2D eigenvalue weighted by molar-refractivity contribution is -0.135. The molecule has 1 atom stereocenters. The second-order valence-corrected chi connectivity index (χ2v) is 4.83. The summed E-state index contributed by atoms with van der Waals surface area (Å²) in [5.74, 6) is -1.43. The Labute approximate surface area is 98.9 Å². The van der Waals surface area contributed by atoms with Crippen molar-refractivity contribution < 1.29 is 19.2 Å². The van der Waals surface area contributed by atoms with Crippen LogP contribution in [0.25, 0.3) is 0 Å². The van der Waals surface area contributed by atoms with Crippen LogP contribution in [0.5, 0.6) is 0 Å². The second-order valence-electron chi connectivity index (χ2n) is 4.83. The van der Waals surface area contributed by atoms with Crippen molar-refractivity contribution in [3.05, 3.63) is 0 Å². The number of rotatable bonds is 3. The molecule has 0 aromatic carbocycles. The first-order valence-electron chi connectivity index (χ1n) is 5.94. The average Bonchev–Trinajstić information content (AvgIpc) is 2.62. The molecular formula is C12H15NO4. The van der Waals surface area contributed by atoms with Crippen molar-refractivity contribution in [1.82, 2.24) is 5.32 Å². The van der Waals surface area contributed by atoms with Crippen molar-refractivity contribution in [2.24, 2.45) is 11.8 Å². The third kappa shape index (κ3) is 2.78. The van der Waals surface area contributed by atoms with Crippen molar-refractivity contribution in [3.63, 3.8) is 0 Å². The summed E-state index contributed by atoms with van der Waals surface area (Å²) >= 11 is 0. The van der Waals surface area contributed by atoms with E-state index in [1.54, 1.807) is 0 Å². The fourth-order valence-corrected chi connectivity index (χ4v) is 2.58. The lowest BCUT2D eigenvalue weighted by atomic mass is 9.87. The molecule has 92 valence electrons. The first kappa shape index (κ1) is 12.0. The third-order valence-corrected chi connectivity index (χ3v) is 3.41. The van der Waals surface area contributed by atoms with Gasteiger partial charge in [-0.15, -0.1) is 0 Å². The van der Waals surface area contributed by atoms with Gasteiger partial charge in [0.2, 0.25) is 11.8 Å². The molecule has 1 heterocycles. The molecule has 1 aliphatic heterocycles. The molecule has 2 amide bonds. The zero-order valence-corrected chi connectivity index (χ0v) is 9.53. The monoisotopic (exact) mass is 237 g/mol. The molecule has 1 saturated carbocycles. The van der Waals surface area contributed by atoms with E-state index < -0.39 is 5.92 Å². The first-order valence-corrected chi connectivity index (χ1v) is 5.94. The Morgan fingerprint density at radius 2 is 1.82 bits per heavy atom. The zero-order chi connectivity index (χ0) is 12.4. The molecule has 1 saturated heterocycles. The molecule has 2 aliphatic rings. The molecule has 1 aliphatic carbocycles. The van der Waals surface area contributed by atoms with Crippen LogP contribution < -0.4 is 5.32 Å². The van der Waals surface area contributed by atoms with E-state index in [0.717, 1.165) is 6.42 Å². The Hall–Kier alpha value is -1.52. The van der Waals surface area contributed by atoms with E-state index in [-0.39, 0.29) is 48.6 Å². The minimum atomic E-state index is -0.477. The van der Waals surface area contributed by atoms with E-state index >= 15 is 0 Å². The molecule has 5 nitrogen and oxygen atoms in total. The van der Waals surface area contributed by atoms with Gasteiger partial charge in [0.1, 0.15) is 11.6 Å². The van der Waals surface area contributed by atoms with Crippen LogP contribution in [0.2, 0.25) is 0 Å². The summed E-state index contributed by atoms with van der Waals surface area (Å²) < 4.78 is 0. The molecule has 2 rings (SSSR count). The SMILES string of the molecule is O=C1CC(CC(=O)[C@@H]2CCCC2=O)CC(=O)N1. The van der Waals surface area contributed by atoms with Crippen LogP contribution in [-0.4, -0.2) is 23.4 Å². The summed E-state index contributed by atoms with van der Waals surface area (Å²) in [6, 6.07) is 0. The molecule has 0 aromatic heterocycles. The normalized spacial score (nSPS) is 26.1. The van der Waals surface area contributed by atoms with E-state index in [9.17, 15) is 19.2 Å². The van der Waals surface area contributed by atoms with E-state index in [1.807, 2.05) is 0 Å². The lowest BCUT2D eigenvalue weighted by Crippen LogP contribution is -2.39. The Bertz CT molecular complexity index is 372. The number of nitrogens with one attached hydrogen (secondary N) is 1. The molecule has 0 spiro atoms. The van der Waals surface area contributed by atoms with Gasteiger partial charge in [0.15, 0.2) is 0 Å². The maximum Gasteiger partial charge on any atom is 0.226 e. The number of carbonyl (C=O) groups excluding carboxylic acids is 4. The molecular weight excluding hydrogens is 222 g/mol. The highest BCUT2D eigenvalue weighted by Gasteiger charge is 2.34.